The first-order valence-corrected chi connectivity index (χ1v) is 11.8. The summed E-state index contributed by atoms with van der Waals surface area (Å²) in [7, 11) is 0. The Hall–Kier alpha value is -2.70. The van der Waals surface area contributed by atoms with E-state index in [0.717, 1.165) is 11.1 Å². The zero-order valence-electron chi connectivity index (χ0n) is 18.7. The van der Waals surface area contributed by atoms with Crippen LogP contribution in [0, 0.1) is 0 Å². The van der Waals surface area contributed by atoms with Crippen LogP contribution < -0.4 is 0 Å². The lowest BCUT2D eigenvalue weighted by molar-refractivity contribution is -0.137. The van der Waals surface area contributed by atoms with E-state index in [2.05, 4.69) is 0 Å². The van der Waals surface area contributed by atoms with E-state index < -0.39 is 0 Å². The highest BCUT2D eigenvalue weighted by atomic mass is 32.2. The van der Waals surface area contributed by atoms with Crippen molar-refractivity contribution >= 4 is 46.2 Å². The third kappa shape index (κ3) is 6.40. The Balaban J connectivity index is 1.62. The number of nitrogens with zero attached hydrogens (tertiary/aromatic N) is 2. The van der Waals surface area contributed by atoms with Crippen molar-refractivity contribution in [2.45, 2.75) is 39.3 Å². The number of rotatable bonds is 7. The van der Waals surface area contributed by atoms with E-state index in [1.165, 1.54) is 16.7 Å². The second kappa shape index (κ2) is 10.7. The smallest absolute Gasteiger partial charge is 0.266 e. The maximum Gasteiger partial charge on any atom is 0.266 e. The molecule has 1 heterocycles. The van der Waals surface area contributed by atoms with Crippen LogP contribution in [0.2, 0.25) is 0 Å². The van der Waals surface area contributed by atoms with E-state index in [1.807, 2.05) is 98.5 Å². The highest BCUT2D eigenvalue weighted by Crippen LogP contribution is 2.31. The summed E-state index contributed by atoms with van der Waals surface area (Å²) in [6, 6.07) is 19.8. The van der Waals surface area contributed by atoms with Crippen molar-refractivity contribution in [2.75, 3.05) is 6.54 Å². The molecule has 0 bridgehead atoms. The van der Waals surface area contributed by atoms with Crippen molar-refractivity contribution < 1.29 is 9.59 Å². The van der Waals surface area contributed by atoms with Gasteiger partial charge >= 0.3 is 0 Å². The SMILES string of the molecule is CC(C)(C)N(Cc1ccccc1)C(=O)CCN1C(=O)C(=CC=Cc2ccccc2)SC1=S. The van der Waals surface area contributed by atoms with Crippen LogP contribution in [0.1, 0.15) is 38.3 Å². The average molecular weight is 465 g/mol. The van der Waals surface area contributed by atoms with Crippen molar-refractivity contribution in [1.82, 2.24) is 9.80 Å². The summed E-state index contributed by atoms with van der Waals surface area (Å²) < 4.78 is 0.493. The van der Waals surface area contributed by atoms with Gasteiger partial charge in [0.05, 0.1) is 4.91 Å². The minimum atomic E-state index is -0.329. The standard InChI is InChI=1S/C26H28N2O2S2/c1-26(2,3)28(19-21-13-8-5-9-14-21)23(29)17-18-27-24(30)22(32-25(27)31)16-10-15-20-11-6-4-7-12-20/h4-16H,17-19H2,1-3H3. The van der Waals surface area contributed by atoms with Gasteiger partial charge < -0.3 is 4.90 Å². The van der Waals surface area contributed by atoms with Gasteiger partial charge in [-0.15, -0.1) is 0 Å². The summed E-state index contributed by atoms with van der Waals surface area (Å²) in [5, 5.41) is 0. The molecule has 1 fully saturated rings. The van der Waals surface area contributed by atoms with Crippen molar-refractivity contribution in [3.05, 3.63) is 88.8 Å². The molecule has 0 saturated carbocycles. The van der Waals surface area contributed by atoms with Gasteiger partial charge in [-0.05, 0) is 38.0 Å². The minimum absolute atomic E-state index is 0.00311. The van der Waals surface area contributed by atoms with Gasteiger partial charge in [0.2, 0.25) is 5.91 Å². The first-order valence-electron chi connectivity index (χ1n) is 10.6. The van der Waals surface area contributed by atoms with Crippen molar-refractivity contribution in [3.63, 3.8) is 0 Å². The van der Waals surface area contributed by atoms with Gasteiger partial charge in [0.1, 0.15) is 4.32 Å². The summed E-state index contributed by atoms with van der Waals surface area (Å²) in [5.41, 5.74) is 1.81. The van der Waals surface area contributed by atoms with E-state index in [0.29, 0.717) is 15.8 Å². The second-order valence-corrected chi connectivity index (χ2v) is 10.2. The lowest BCUT2D eigenvalue weighted by Crippen LogP contribution is -2.46. The fourth-order valence-electron chi connectivity index (χ4n) is 3.33. The molecule has 0 unspecified atom stereocenters. The molecule has 0 N–H and O–H groups in total. The number of carbonyl (C=O) groups is 2. The quantitative estimate of drug-likeness (QED) is 0.392. The summed E-state index contributed by atoms with van der Waals surface area (Å²) in [4.78, 5) is 29.9. The first-order chi connectivity index (χ1) is 15.3. The number of hydrogen-bond donors (Lipinski definition) is 0. The molecule has 1 aliphatic heterocycles. The largest absolute Gasteiger partial charge is 0.333 e. The number of thioether (sulfide) groups is 1. The third-order valence-electron chi connectivity index (χ3n) is 5.05. The van der Waals surface area contributed by atoms with Gasteiger partial charge in [-0.3, -0.25) is 14.5 Å². The number of amides is 2. The monoisotopic (exact) mass is 464 g/mol. The molecular weight excluding hydrogens is 436 g/mol. The Morgan fingerprint density at radius 1 is 1.06 bits per heavy atom. The van der Waals surface area contributed by atoms with Crippen molar-refractivity contribution in [1.29, 1.82) is 0 Å². The second-order valence-electron chi connectivity index (χ2n) is 8.51. The van der Waals surface area contributed by atoms with Crippen LogP contribution in [0.3, 0.4) is 0 Å². The zero-order valence-corrected chi connectivity index (χ0v) is 20.3. The number of carbonyl (C=O) groups excluding carboxylic acids is 2. The molecule has 3 rings (SSSR count). The van der Waals surface area contributed by atoms with Crippen LogP contribution in [-0.2, 0) is 16.1 Å². The Morgan fingerprint density at radius 2 is 1.69 bits per heavy atom. The molecule has 0 aromatic heterocycles. The first kappa shape index (κ1) is 24.0. The summed E-state index contributed by atoms with van der Waals surface area (Å²) in [6.07, 6.45) is 5.81. The summed E-state index contributed by atoms with van der Waals surface area (Å²) in [6.45, 7) is 6.89. The molecule has 1 aliphatic rings. The molecular formula is C26H28N2O2S2. The Morgan fingerprint density at radius 3 is 2.31 bits per heavy atom. The summed E-state index contributed by atoms with van der Waals surface area (Å²) in [5.74, 6) is -0.140. The lowest BCUT2D eigenvalue weighted by atomic mass is 10.0. The number of thiocarbonyl (C=S) groups is 1. The Labute approximate surface area is 200 Å². The van der Waals surface area contributed by atoms with E-state index >= 15 is 0 Å². The van der Waals surface area contributed by atoms with Crippen LogP contribution in [-0.4, -0.2) is 38.0 Å². The van der Waals surface area contributed by atoms with E-state index in [-0.39, 0.29) is 30.3 Å². The molecule has 1 saturated heterocycles. The molecule has 2 aromatic rings. The van der Waals surface area contributed by atoms with Crippen molar-refractivity contribution in [2.24, 2.45) is 0 Å². The zero-order chi connectivity index (χ0) is 23.1. The predicted molar refractivity (Wildman–Crippen MR) is 137 cm³/mol. The highest BCUT2D eigenvalue weighted by molar-refractivity contribution is 8.26. The number of allylic oxidation sites excluding steroid dienone is 2. The van der Waals surface area contributed by atoms with Crippen LogP contribution in [0.15, 0.2) is 77.7 Å². The molecule has 4 nitrogen and oxygen atoms in total. The molecule has 2 amide bonds. The van der Waals surface area contributed by atoms with Crippen LogP contribution >= 0.6 is 24.0 Å². The average Bonchev–Trinajstić information content (AvgIpc) is 3.03. The fourth-order valence-corrected chi connectivity index (χ4v) is 4.59. The minimum Gasteiger partial charge on any atom is -0.333 e. The highest BCUT2D eigenvalue weighted by Gasteiger charge is 2.33. The van der Waals surface area contributed by atoms with Gasteiger partial charge in [0, 0.05) is 25.0 Å². The molecule has 0 radical (unpaired) electrons. The van der Waals surface area contributed by atoms with Crippen molar-refractivity contribution in [3.8, 4) is 0 Å². The molecule has 32 heavy (non-hydrogen) atoms. The normalized spacial score (nSPS) is 15.7. The van der Waals surface area contributed by atoms with E-state index in [4.69, 9.17) is 12.2 Å². The molecule has 166 valence electrons. The van der Waals surface area contributed by atoms with E-state index in [9.17, 15) is 9.59 Å². The Bertz CT molecular complexity index is 1020. The van der Waals surface area contributed by atoms with Gasteiger partial charge in [0.15, 0.2) is 0 Å². The van der Waals surface area contributed by atoms with Gasteiger partial charge in [-0.25, -0.2) is 0 Å². The summed E-state index contributed by atoms with van der Waals surface area (Å²) >= 11 is 6.69. The lowest BCUT2D eigenvalue weighted by Gasteiger charge is -2.36. The predicted octanol–water partition coefficient (Wildman–Crippen LogP) is 5.66. The molecule has 2 aromatic carbocycles. The van der Waals surface area contributed by atoms with Crippen LogP contribution in [0.5, 0.6) is 0 Å². The molecule has 0 atom stereocenters. The van der Waals surface area contributed by atoms with Crippen LogP contribution in [0.4, 0.5) is 0 Å². The maximum atomic E-state index is 13.1. The van der Waals surface area contributed by atoms with Gasteiger partial charge in [-0.1, -0.05) is 96.8 Å². The number of benzene rings is 2. The maximum absolute atomic E-state index is 13.1. The topological polar surface area (TPSA) is 40.6 Å². The molecule has 0 spiro atoms. The third-order valence-corrected chi connectivity index (χ3v) is 6.45. The molecule has 0 aliphatic carbocycles. The number of hydrogen-bond acceptors (Lipinski definition) is 4. The molecule has 6 heteroatoms. The van der Waals surface area contributed by atoms with E-state index in [1.54, 1.807) is 6.08 Å². The fraction of sp³-hybridized carbons (Fsp3) is 0.269. The van der Waals surface area contributed by atoms with Gasteiger partial charge in [-0.2, -0.15) is 0 Å². The Kier molecular flexibility index (Phi) is 8.04. The van der Waals surface area contributed by atoms with Crippen LogP contribution in [0.25, 0.3) is 6.08 Å². The van der Waals surface area contributed by atoms with Gasteiger partial charge in [0.25, 0.3) is 5.91 Å².